The predicted octanol–water partition coefficient (Wildman–Crippen LogP) is 4.41. The van der Waals surface area contributed by atoms with Gasteiger partial charge in [-0.15, -0.1) is 0 Å². The molecular formula is C20H24N4OS. The minimum atomic E-state index is 0.732. The number of nitrogens with zero attached hydrogens (tertiary/aromatic N) is 4. The zero-order valence-electron chi connectivity index (χ0n) is 15.4. The van der Waals surface area contributed by atoms with Crippen LogP contribution in [0.4, 0.5) is 5.69 Å². The lowest BCUT2D eigenvalue weighted by molar-refractivity contribution is 0.409. The molecule has 0 spiro atoms. The number of methoxy groups -OCH3 is 1. The SMILES string of the molecule is CCN(CC)c1ccccc1CSc1nccn1-c1ncccc1OC. The summed E-state index contributed by atoms with van der Waals surface area (Å²) in [5, 5.41) is 0.899. The number of imidazole rings is 1. The van der Waals surface area contributed by atoms with Gasteiger partial charge in [0.05, 0.1) is 7.11 Å². The van der Waals surface area contributed by atoms with Crippen LogP contribution in [0.15, 0.2) is 60.1 Å². The maximum atomic E-state index is 5.44. The predicted molar refractivity (Wildman–Crippen MR) is 107 cm³/mol. The second-order valence-corrected chi connectivity index (χ2v) is 6.64. The number of thioether (sulfide) groups is 1. The molecule has 0 saturated heterocycles. The van der Waals surface area contributed by atoms with Crippen molar-refractivity contribution < 1.29 is 4.74 Å². The van der Waals surface area contributed by atoms with Crippen molar-refractivity contribution in [2.75, 3.05) is 25.1 Å². The summed E-state index contributed by atoms with van der Waals surface area (Å²) >= 11 is 1.70. The third kappa shape index (κ3) is 3.85. The largest absolute Gasteiger partial charge is 0.493 e. The van der Waals surface area contributed by atoms with Gasteiger partial charge in [0.15, 0.2) is 16.7 Å². The maximum absolute atomic E-state index is 5.44. The standard InChI is InChI=1S/C20H24N4OS/c1-4-23(5-2)17-10-7-6-9-16(17)15-26-20-22-13-14-24(20)19-18(25-3)11-8-12-21-19/h6-14H,4-5,15H2,1-3H3. The van der Waals surface area contributed by atoms with Gasteiger partial charge in [-0.3, -0.25) is 4.57 Å². The van der Waals surface area contributed by atoms with Gasteiger partial charge < -0.3 is 9.64 Å². The molecule has 0 atom stereocenters. The Hall–Kier alpha value is -2.47. The van der Waals surface area contributed by atoms with Crippen LogP contribution in [0.25, 0.3) is 5.82 Å². The smallest absolute Gasteiger partial charge is 0.181 e. The fraction of sp³-hybridized carbons (Fsp3) is 0.300. The Labute approximate surface area is 159 Å². The van der Waals surface area contributed by atoms with Crippen LogP contribution in [0, 0.1) is 0 Å². The highest BCUT2D eigenvalue weighted by atomic mass is 32.2. The molecule has 0 saturated carbocycles. The molecule has 0 N–H and O–H groups in total. The molecule has 0 unspecified atom stereocenters. The highest BCUT2D eigenvalue weighted by Gasteiger charge is 2.13. The van der Waals surface area contributed by atoms with E-state index in [-0.39, 0.29) is 0 Å². The number of aromatic nitrogens is 3. The molecule has 3 aromatic rings. The average molecular weight is 369 g/mol. The lowest BCUT2D eigenvalue weighted by Crippen LogP contribution is -2.22. The molecule has 5 nitrogen and oxygen atoms in total. The van der Waals surface area contributed by atoms with Gasteiger partial charge in [0, 0.05) is 43.1 Å². The van der Waals surface area contributed by atoms with E-state index in [4.69, 9.17) is 4.74 Å². The third-order valence-corrected chi connectivity index (χ3v) is 5.27. The molecule has 3 rings (SSSR count). The number of anilines is 1. The summed E-state index contributed by atoms with van der Waals surface area (Å²) in [6, 6.07) is 12.4. The van der Waals surface area contributed by atoms with Crippen molar-refractivity contribution in [3.63, 3.8) is 0 Å². The van der Waals surface area contributed by atoms with E-state index in [2.05, 4.69) is 53.0 Å². The first-order chi connectivity index (χ1) is 12.8. The second-order valence-electron chi connectivity index (χ2n) is 5.70. The van der Waals surface area contributed by atoms with Crippen LogP contribution in [-0.2, 0) is 5.75 Å². The van der Waals surface area contributed by atoms with Gasteiger partial charge >= 0.3 is 0 Å². The first kappa shape index (κ1) is 18.3. The molecule has 2 heterocycles. The minimum Gasteiger partial charge on any atom is -0.493 e. The highest BCUT2D eigenvalue weighted by molar-refractivity contribution is 7.98. The van der Waals surface area contributed by atoms with Crippen molar-refractivity contribution in [2.45, 2.75) is 24.8 Å². The Balaban J connectivity index is 1.84. The average Bonchev–Trinajstić information content (AvgIpc) is 3.16. The fourth-order valence-corrected chi connectivity index (χ4v) is 3.88. The number of pyridine rings is 1. The highest BCUT2D eigenvalue weighted by Crippen LogP contribution is 2.30. The van der Waals surface area contributed by atoms with E-state index in [1.165, 1.54) is 11.3 Å². The lowest BCUT2D eigenvalue weighted by Gasteiger charge is -2.24. The molecule has 0 bridgehead atoms. The number of rotatable bonds is 8. The number of para-hydroxylation sites is 1. The van der Waals surface area contributed by atoms with Crippen LogP contribution in [0.3, 0.4) is 0 Å². The summed E-state index contributed by atoms with van der Waals surface area (Å²) in [6.07, 6.45) is 5.48. The van der Waals surface area contributed by atoms with Gasteiger partial charge in [-0.2, -0.15) is 0 Å². The Morgan fingerprint density at radius 1 is 1.04 bits per heavy atom. The van der Waals surface area contributed by atoms with Gasteiger partial charge in [0.2, 0.25) is 0 Å². The summed E-state index contributed by atoms with van der Waals surface area (Å²) in [7, 11) is 1.66. The van der Waals surface area contributed by atoms with Crippen molar-refractivity contribution in [2.24, 2.45) is 0 Å². The van der Waals surface area contributed by atoms with E-state index in [1.54, 1.807) is 31.3 Å². The van der Waals surface area contributed by atoms with Crippen molar-refractivity contribution in [1.29, 1.82) is 0 Å². The summed E-state index contributed by atoms with van der Waals surface area (Å²) in [5.74, 6) is 2.33. The van der Waals surface area contributed by atoms with Gasteiger partial charge in [-0.1, -0.05) is 30.0 Å². The third-order valence-electron chi connectivity index (χ3n) is 4.26. The van der Waals surface area contributed by atoms with Crippen molar-refractivity contribution in [3.05, 3.63) is 60.6 Å². The molecule has 26 heavy (non-hydrogen) atoms. The molecule has 0 amide bonds. The normalized spacial score (nSPS) is 10.7. The monoisotopic (exact) mass is 368 g/mol. The van der Waals surface area contributed by atoms with Crippen LogP contribution in [-0.4, -0.2) is 34.7 Å². The maximum Gasteiger partial charge on any atom is 0.181 e. The molecule has 0 radical (unpaired) electrons. The Kier molecular flexibility index (Phi) is 6.17. The van der Waals surface area contributed by atoms with Crippen LogP contribution >= 0.6 is 11.8 Å². The number of ether oxygens (including phenoxy) is 1. The molecule has 136 valence electrons. The van der Waals surface area contributed by atoms with E-state index < -0.39 is 0 Å². The van der Waals surface area contributed by atoms with Crippen LogP contribution in [0.5, 0.6) is 5.75 Å². The van der Waals surface area contributed by atoms with Crippen molar-refractivity contribution >= 4 is 17.4 Å². The fourth-order valence-electron chi connectivity index (χ4n) is 2.93. The zero-order chi connectivity index (χ0) is 18.4. The quantitative estimate of drug-likeness (QED) is 0.551. The van der Waals surface area contributed by atoms with E-state index in [1.807, 2.05) is 22.9 Å². The van der Waals surface area contributed by atoms with Gasteiger partial charge in [0.1, 0.15) is 0 Å². The second kappa shape index (κ2) is 8.76. The Morgan fingerprint density at radius 3 is 2.62 bits per heavy atom. The molecule has 0 aliphatic carbocycles. The summed E-state index contributed by atoms with van der Waals surface area (Å²) < 4.78 is 7.42. The zero-order valence-corrected chi connectivity index (χ0v) is 16.2. The first-order valence-electron chi connectivity index (χ1n) is 8.76. The lowest BCUT2D eigenvalue weighted by atomic mass is 10.2. The summed E-state index contributed by atoms with van der Waals surface area (Å²) in [4.78, 5) is 11.4. The molecule has 2 aromatic heterocycles. The Bertz CT molecular complexity index is 845. The molecule has 0 fully saturated rings. The Morgan fingerprint density at radius 2 is 1.85 bits per heavy atom. The van der Waals surface area contributed by atoms with Gasteiger partial charge in [-0.25, -0.2) is 9.97 Å². The van der Waals surface area contributed by atoms with E-state index in [9.17, 15) is 0 Å². The van der Waals surface area contributed by atoms with E-state index in [0.29, 0.717) is 0 Å². The first-order valence-corrected chi connectivity index (χ1v) is 9.75. The topological polar surface area (TPSA) is 43.2 Å². The minimum absolute atomic E-state index is 0.732. The molecule has 0 aliphatic heterocycles. The van der Waals surface area contributed by atoms with E-state index >= 15 is 0 Å². The van der Waals surface area contributed by atoms with Gasteiger partial charge in [0.25, 0.3) is 0 Å². The number of hydrogen-bond donors (Lipinski definition) is 0. The number of hydrogen-bond acceptors (Lipinski definition) is 5. The van der Waals surface area contributed by atoms with Crippen LogP contribution in [0.2, 0.25) is 0 Å². The van der Waals surface area contributed by atoms with Crippen molar-refractivity contribution in [3.8, 4) is 11.6 Å². The molecular weight excluding hydrogens is 344 g/mol. The van der Waals surface area contributed by atoms with Crippen molar-refractivity contribution in [1.82, 2.24) is 14.5 Å². The summed E-state index contributed by atoms with van der Waals surface area (Å²) in [5.41, 5.74) is 2.60. The molecule has 6 heteroatoms. The molecule has 0 aliphatic rings. The number of benzene rings is 1. The van der Waals surface area contributed by atoms with Crippen LogP contribution in [0.1, 0.15) is 19.4 Å². The molecule has 1 aromatic carbocycles. The van der Waals surface area contributed by atoms with Crippen LogP contribution < -0.4 is 9.64 Å². The van der Waals surface area contributed by atoms with E-state index in [0.717, 1.165) is 35.6 Å². The van der Waals surface area contributed by atoms with Gasteiger partial charge in [-0.05, 0) is 37.6 Å². The summed E-state index contributed by atoms with van der Waals surface area (Å²) in [6.45, 7) is 6.37.